The third-order valence-corrected chi connectivity index (χ3v) is 2.60. The summed E-state index contributed by atoms with van der Waals surface area (Å²) >= 11 is 0. The molecule has 0 fully saturated rings. The van der Waals surface area contributed by atoms with Crippen molar-refractivity contribution in [3.8, 4) is 6.07 Å². The maximum Gasteiger partial charge on any atom is 0.0991 e. The van der Waals surface area contributed by atoms with E-state index in [1.54, 1.807) is 31.4 Å². The van der Waals surface area contributed by atoms with Gasteiger partial charge in [0.25, 0.3) is 0 Å². The molecule has 2 N–H and O–H groups in total. The fourth-order valence-corrected chi connectivity index (χ4v) is 1.40. The van der Waals surface area contributed by atoms with E-state index in [1.165, 1.54) is 0 Å². The molecule has 92 valence electrons. The van der Waals surface area contributed by atoms with Gasteiger partial charge in [0.15, 0.2) is 0 Å². The molecule has 0 bridgehead atoms. The molecule has 0 saturated carbocycles. The summed E-state index contributed by atoms with van der Waals surface area (Å²) in [6.45, 7) is 3.13. The van der Waals surface area contributed by atoms with Gasteiger partial charge in [-0.15, -0.1) is 0 Å². The van der Waals surface area contributed by atoms with Crippen molar-refractivity contribution in [2.45, 2.75) is 19.1 Å². The number of benzene rings is 1. The Morgan fingerprint density at radius 3 is 2.53 bits per heavy atom. The Labute approximate surface area is 102 Å². The van der Waals surface area contributed by atoms with E-state index in [1.807, 2.05) is 13.0 Å². The van der Waals surface area contributed by atoms with E-state index >= 15 is 0 Å². The zero-order chi connectivity index (χ0) is 12.7. The van der Waals surface area contributed by atoms with Gasteiger partial charge in [-0.1, -0.05) is 12.1 Å². The highest BCUT2D eigenvalue weighted by Gasteiger charge is 2.07. The van der Waals surface area contributed by atoms with Crippen molar-refractivity contribution in [1.29, 1.82) is 5.26 Å². The first-order chi connectivity index (χ1) is 8.17. The largest absolute Gasteiger partial charge is 0.387 e. The van der Waals surface area contributed by atoms with Crippen molar-refractivity contribution >= 4 is 0 Å². The highest BCUT2D eigenvalue weighted by atomic mass is 16.5. The summed E-state index contributed by atoms with van der Waals surface area (Å²) in [5.41, 5.74) is 1.41. The van der Waals surface area contributed by atoms with Crippen LogP contribution in [0.15, 0.2) is 24.3 Å². The minimum absolute atomic E-state index is 0.128. The van der Waals surface area contributed by atoms with Crippen LogP contribution in [-0.4, -0.2) is 31.4 Å². The molecule has 1 aromatic rings. The lowest BCUT2D eigenvalue weighted by molar-refractivity contribution is 0.109. The number of rotatable bonds is 6. The van der Waals surface area contributed by atoms with Gasteiger partial charge in [-0.05, 0) is 24.6 Å². The monoisotopic (exact) mass is 234 g/mol. The van der Waals surface area contributed by atoms with Crippen LogP contribution in [0, 0.1) is 11.3 Å². The second-order valence-electron chi connectivity index (χ2n) is 3.95. The van der Waals surface area contributed by atoms with Crippen LogP contribution in [0.4, 0.5) is 0 Å². The van der Waals surface area contributed by atoms with Gasteiger partial charge in [-0.25, -0.2) is 0 Å². The number of aliphatic hydroxyl groups is 1. The van der Waals surface area contributed by atoms with Gasteiger partial charge in [0.05, 0.1) is 23.8 Å². The average Bonchev–Trinajstić information content (AvgIpc) is 2.38. The van der Waals surface area contributed by atoms with Crippen LogP contribution in [0.2, 0.25) is 0 Å². The fraction of sp³-hybridized carbons (Fsp3) is 0.462. The lowest BCUT2D eigenvalue weighted by Crippen LogP contribution is -2.29. The summed E-state index contributed by atoms with van der Waals surface area (Å²) in [4.78, 5) is 0. The maximum absolute atomic E-state index is 9.88. The summed E-state index contributed by atoms with van der Waals surface area (Å²) < 4.78 is 5.09. The van der Waals surface area contributed by atoms with Crippen LogP contribution < -0.4 is 5.32 Å². The van der Waals surface area contributed by atoms with Gasteiger partial charge in [0, 0.05) is 20.2 Å². The average molecular weight is 234 g/mol. The molecular formula is C13H18N2O2. The van der Waals surface area contributed by atoms with Crippen LogP contribution >= 0.6 is 0 Å². The van der Waals surface area contributed by atoms with Crippen molar-refractivity contribution in [2.24, 2.45) is 0 Å². The van der Waals surface area contributed by atoms with Gasteiger partial charge in [0.1, 0.15) is 0 Å². The molecule has 17 heavy (non-hydrogen) atoms. The molecule has 0 spiro atoms. The standard InChI is InChI=1S/C13H18N2O2/c1-10(17-2)8-15-9-13(16)12-5-3-11(7-14)4-6-12/h3-6,10,13,15-16H,8-9H2,1-2H3. The smallest absolute Gasteiger partial charge is 0.0991 e. The van der Waals surface area contributed by atoms with Gasteiger partial charge in [0.2, 0.25) is 0 Å². The molecule has 0 heterocycles. The number of nitrogens with zero attached hydrogens (tertiary/aromatic N) is 1. The van der Waals surface area contributed by atoms with Crippen LogP contribution in [0.5, 0.6) is 0 Å². The Balaban J connectivity index is 2.41. The quantitative estimate of drug-likeness (QED) is 0.776. The van der Waals surface area contributed by atoms with Gasteiger partial charge in [-0.2, -0.15) is 5.26 Å². The minimum Gasteiger partial charge on any atom is -0.387 e. The molecule has 0 aromatic heterocycles. The highest BCUT2D eigenvalue weighted by Crippen LogP contribution is 2.12. The summed E-state index contributed by atoms with van der Waals surface area (Å²) in [6.07, 6.45) is -0.435. The number of hydrogen-bond donors (Lipinski definition) is 2. The van der Waals surface area contributed by atoms with Crippen LogP contribution in [0.3, 0.4) is 0 Å². The molecule has 0 aliphatic rings. The molecule has 0 amide bonds. The molecule has 0 aliphatic heterocycles. The first-order valence-electron chi connectivity index (χ1n) is 5.59. The summed E-state index contributed by atoms with van der Waals surface area (Å²) in [7, 11) is 1.66. The van der Waals surface area contributed by atoms with Gasteiger partial charge >= 0.3 is 0 Å². The van der Waals surface area contributed by atoms with E-state index in [4.69, 9.17) is 10.00 Å². The lowest BCUT2D eigenvalue weighted by Gasteiger charge is -2.14. The zero-order valence-electron chi connectivity index (χ0n) is 10.2. The molecule has 0 saturated heterocycles. The number of nitrogens with one attached hydrogen (secondary N) is 1. The van der Waals surface area contributed by atoms with Crippen molar-refractivity contribution in [3.63, 3.8) is 0 Å². The third kappa shape index (κ3) is 4.53. The Bertz CT molecular complexity index is 370. The summed E-state index contributed by atoms with van der Waals surface area (Å²) in [6, 6.07) is 8.99. The van der Waals surface area contributed by atoms with Crippen LogP contribution in [0.1, 0.15) is 24.2 Å². The van der Waals surface area contributed by atoms with E-state index < -0.39 is 6.10 Å². The molecule has 4 heteroatoms. The predicted octanol–water partition coefficient (Wildman–Crippen LogP) is 1.22. The van der Waals surface area contributed by atoms with Crippen molar-refractivity contribution in [1.82, 2.24) is 5.32 Å². The minimum atomic E-state index is -0.563. The summed E-state index contributed by atoms with van der Waals surface area (Å²) in [5.74, 6) is 0. The SMILES string of the molecule is COC(C)CNCC(O)c1ccc(C#N)cc1. The zero-order valence-corrected chi connectivity index (χ0v) is 10.2. The van der Waals surface area contributed by atoms with Crippen molar-refractivity contribution in [3.05, 3.63) is 35.4 Å². The van der Waals surface area contributed by atoms with E-state index in [9.17, 15) is 5.11 Å². The van der Waals surface area contributed by atoms with Crippen molar-refractivity contribution < 1.29 is 9.84 Å². The fourth-order valence-electron chi connectivity index (χ4n) is 1.40. The Hall–Kier alpha value is -1.41. The van der Waals surface area contributed by atoms with Crippen LogP contribution in [-0.2, 0) is 4.74 Å². The van der Waals surface area contributed by atoms with E-state index in [2.05, 4.69) is 5.32 Å². The third-order valence-electron chi connectivity index (χ3n) is 2.60. The highest BCUT2D eigenvalue weighted by molar-refractivity contribution is 5.32. The number of ether oxygens (including phenoxy) is 1. The maximum atomic E-state index is 9.88. The molecule has 1 aromatic carbocycles. The number of hydrogen-bond acceptors (Lipinski definition) is 4. The number of nitriles is 1. The van der Waals surface area contributed by atoms with E-state index in [0.717, 1.165) is 5.56 Å². The first kappa shape index (κ1) is 13.7. The van der Waals surface area contributed by atoms with Crippen LogP contribution in [0.25, 0.3) is 0 Å². The van der Waals surface area contributed by atoms with Crippen molar-refractivity contribution in [2.75, 3.05) is 20.2 Å². The Morgan fingerprint density at radius 1 is 1.35 bits per heavy atom. The molecule has 2 unspecified atom stereocenters. The predicted molar refractivity (Wildman–Crippen MR) is 65.5 cm³/mol. The number of aliphatic hydroxyl groups excluding tert-OH is 1. The van der Waals surface area contributed by atoms with Gasteiger partial charge < -0.3 is 15.2 Å². The second kappa shape index (κ2) is 7.02. The lowest BCUT2D eigenvalue weighted by atomic mass is 10.1. The normalized spacial score (nSPS) is 14.0. The van der Waals surface area contributed by atoms with E-state index in [0.29, 0.717) is 18.7 Å². The molecule has 4 nitrogen and oxygen atoms in total. The molecule has 2 atom stereocenters. The second-order valence-corrected chi connectivity index (χ2v) is 3.95. The molecule has 0 radical (unpaired) electrons. The molecule has 0 aliphatic carbocycles. The number of methoxy groups -OCH3 is 1. The summed E-state index contributed by atoms with van der Waals surface area (Å²) in [5, 5.41) is 21.7. The molecular weight excluding hydrogens is 216 g/mol. The Kier molecular flexibility index (Phi) is 5.64. The molecule has 1 rings (SSSR count). The topological polar surface area (TPSA) is 65.3 Å². The van der Waals surface area contributed by atoms with E-state index in [-0.39, 0.29) is 6.10 Å². The first-order valence-corrected chi connectivity index (χ1v) is 5.59. The van der Waals surface area contributed by atoms with Gasteiger partial charge in [-0.3, -0.25) is 0 Å². The Morgan fingerprint density at radius 2 is 2.00 bits per heavy atom.